The highest BCUT2D eigenvalue weighted by molar-refractivity contribution is 9.10. The molecule has 2 aromatic carbocycles. The molecule has 0 radical (unpaired) electrons. The molecule has 0 bridgehead atoms. The first-order valence-electron chi connectivity index (χ1n) is 6.22. The highest BCUT2D eigenvalue weighted by Crippen LogP contribution is 2.25. The second-order valence-electron chi connectivity index (χ2n) is 4.21. The molecule has 21 heavy (non-hydrogen) atoms. The largest absolute Gasteiger partial charge is 0.491 e. The minimum absolute atomic E-state index is 0.159. The van der Waals surface area contributed by atoms with Crippen LogP contribution in [0.5, 0.6) is 5.75 Å². The van der Waals surface area contributed by atoms with Gasteiger partial charge in [-0.25, -0.2) is 4.79 Å². The highest BCUT2D eigenvalue weighted by atomic mass is 79.9. The molecule has 110 valence electrons. The Morgan fingerprint density at radius 2 is 2.05 bits per heavy atom. The number of ether oxygens (including phenoxy) is 1. The van der Waals surface area contributed by atoms with Crippen LogP contribution in [0.4, 0.5) is 5.69 Å². The van der Waals surface area contributed by atoms with Gasteiger partial charge < -0.3 is 15.2 Å². The van der Waals surface area contributed by atoms with Gasteiger partial charge in [0.05, 0.1) is 5.02 Å². The monoisotopic (exact) mass is 369 g/mol. The van der Waals surface area contributed by atoms with Crippen LogP contribution >= 0.6 is 27.5 Å². The molecule has 0 amide bonds. The molecule has 0 saturated carbocycles. The average molecular weight is 371 g/mol. The van der Waals surface area contributed by atoms with Crippen LogP contribution in [0, 0.1) is 0 Å². The van der Waals surface area contributed by atoms with Crippen LogP contribution in [0.2, 0.25) is 5.02 Å². The van der Waals surface area contributed by atoms with Gasteiger partial charge in [-0.15, -0.1) is 0 Å². The van der Waals surface area contributed by atoms with E-state index >= 15 is 0 Å². The summed E-state index contributed by atoms with van der Waals surface area (Å²) in [7, 11) is 0. The molecule has 4 nitrogen and oxygen atoms in total. The van der Waals surface area contributed by atoms with Crippen molar-refractivity contribution in [2.75, 3.05) is 18.5 Å². The van der Waals surface area contributed by atoms with E-state index in [0.717, 1.165) is 10.2 Å². The summed E-state index contributed by atoms with van der Waals surface area (Å²) in [4.78, 5) is 11.0. The maximum atomic E-state index is 11.0. The van der Waals surface area contributed by atoms with E-state index in [1.807, 2.05) is 12.1 Å². The van der Waals surface area contributed by atoms with Crippen LogP contribution in [-0.4, -0.2) is 24.2 Å². The first-order chi connectivity index (χ1) is 10.1. The summed E-state index contributed by atoms with van der Waals surface area (Å²) in [5.74, 6) is -0.635. The van der Waals surface area contributed by atoms with Crippen molar-refractivity contribution < 1.29 is 14.6 Å². The van der Waals surface area contributed by atoms with Gasteiger partial charge in [0, 0.05) is 16.7 Å². The van der Waals surface area contributed by atoms with Gasteiger partial charge in [0.2, 0.25) is 0 Å². The summed E-state index contributed by atoms with van der Waals surface area (Å²) in [6.45, 7) is 0.895. The molecule has 2 aromatic rings. The first-order valence-corrected chi connectivity index (χ1v) is 7.39. The Morgan fingerprint density at radius 1 is 1.29 bits per heavy atom. The number of nitrogens with one attached hydrogen (secondary N) is 1. The summed E-state index contributed by atoms with van der Waals surface area (Å²) in [5.41, 5.74) is 1.06. The molecule has 0 aromatic heterocycles. The van der Waals surface area contributed by atoms with Crippen LogP contribution in [0.3, 0.4) is 0 Å². The van der Waals surface area contributed by atoms with E-state index in [1.165, 1.54) is 6.07 Å². The average Bonchev–Trinajstić information content (AvgIpc) is 2.47. The lowest BCUT2D eigenvalue weighted by Gasteiger charge is -2.11. The lowest BCUT2D eigenvalue weighted by Crippen LogP contribution is -2.13. The zero-order chi connectivity index (χ0) is 15.2. The number of hydrogen-bond acceptors (Lipinski definition) is 3. The van der Waals surface area contributed by atoms with Gasteiger partial charge in [0.15, 0.2) is 0 Å². The van der Waals surface area contributed by atoms with Crippen molar-refractivity contribution >= 4 is 39.2 Å². The Hall–Kier alpha value is -1.72. The fourth-order valence-electron chi connectivity index (χ4n) is 1.73. The quantitative estimate of drug-likeness (QED) is 0.745. The van der Waals surface area contributed by atoms with Gasteiger partial charge in [-0.05, 0) is 46.3 Å². The lowest BCUT2D eigenvalue weighted by molar-refractivity contribution is 0.0692. The maximum absolute atomic E-state index is 11.0. The molecule has 2 N–H and O–H groups in total. The molecule has 0 atom stereocenters. The number of carboxylic acids is 1. The third-order valence-electron chi connectivity index (χ3n) is 2.73. The molecule has 0 aliphatic carbocycles. The second-order valence-corrected chi connectivity index (χ2v) is 5.47. The molecule has 0 saturated heterocycles. The molecule has 0 spiro atoms. The fraction of sp³-hybridized carbons (Fsp3) is 0.133. The van der Waals surface area contributed by atoms with Crippen molar-refractivity contribution in [1.29, 1.82) is 0 Å². The van der Waals surface area contributed by atoms with Gasteiger partial charge in [-0.3, -0.25) is 0 Å². The molecular formula is C15H13BrClNO3. The number of benzene rings is 2. The van der Waals surface area contributed by atoms with E-state index in [-0.39, 0.29) is 5.56 Å². The molecule has 0 aliphatic heterocycles. The second kappa shape index (κ2) is 7.33. The van der Waals surface area contributed by atoms with E-state index in [9.17, 15) is 4.79 Å². The number of anilines is 1. The van der Waals surface area contributed by atoms with Gasteiger partial charge in [-0.1, -0.05) is 23.7 Å². The zero-order valence-electron chi connectivity index (χ0n) is 11.0. The number of para-hydroxylation sites is 1. The minimum Gasteiger partial charge on any atom is -0.491 e. The Bertz CT molecular complexity index is 649. The number of carboxylic acid groups (broad SMARTS) is 1. The van der Waals surface area contributed by atoms with E-state index in [0.29, 0.717) is 23.9 Å². The molecule has 0 unspecified atom stereocenters. The van der Waals surface area contributed by atoms with E-state index < -0.39 is 5.97 Å². The summed E-state index contributed by atoms with van der Waals surface area (Å²) >= 11 is 9.26. The molecule has 2 rings (SSSR count). The molecule has 6 heteroatoms. The SMILES string of the molecule is O=C(O)c1ccccc1OCCNc1ccc(Cl)c(Br)c1. The zero-order valence-corrected chi connectivity index (χ0v) is 13.3. The molecule has 0 heterocycles. The van der Waals surface area contributed by atoms with Crippen LogP contribution < -0.4 is 10.1 Å². The van der Waals surface area contributed by atoms with Crippen molar-refractivity contribution in [3.05, 3.63) is 57.5 Å². The number of rotatable bonds is 6. The third kappa shape index (κ3) is 4.37. The smallest absolute Gasteiger partial charge is 0.339 e. The van der Waals surface area contributed by atoms with Crippen molar-refractivity contribution in [3.63, 3.8) is 0 Å². The Labute approximate surface area is 135 Å². The summed E-state index contributed by atoms with van der Waals surface area (Å²) in [6, 6.07) is 12.1. The highest BCUT2D eigenvalue weighted by Gasteiger charge is 2.09. The number of hydrogen-bond donors (Lipinski definition) is 2. The Morgan fingerprint density at radius 3 is 2.76 bits per heavy atom. The third-order valence-corrected chi connectivity index (χ3v) is 3.94. The fourth-order valence-corrected chi connectivity index (χ4v) is 2.23. The van der Waals surface area contributed by atoms with Crippen molar-refractivity contribution in [2.45, 2.75) is 0 Å². The standard InChI is InChI=1S/C15H13BrClNO3/c16-12-9-10(5-6-13(12)17)18-7-8-21-14-4-2-1-3-11(14)15(19)20/h1-6,9,18H,7-8H2,(H,19,20). The Balaban J connectivity index is 1.87. The van der Waals surface area contributed by atoms with Crippen LogP contribution in [0.15, 0.2) is 46.9 Å². The minimum atomic E-state index is -1.000. The normalized spacial score (nSPS) is 10.2. The van der Waals surface area contributed by atoms with Gasteiger partial charge in [-0.2, -0.15) is 0 Å². The maximum Gasteiger partial charge on any atom is 0.339 e. The summed E-state index contributed by atoms with van der Waals surface area (Å²) in [5, 5.41) is 12.9. The van der Waals surface area contributed by atoms with Crippen LogP contribution in [-0.2, 0) is 0 Å². The van der Waals surface area contributed by atoms with Crippen LogP contribution in [0.25, 0.3) is 0 Å². The van der Waals surface area contributed by atoms with Gasteiger partial charge in [0.25, 0.3) is 0 Å². The van der Waals surface area contributed by atoms with E-state index in [2.05, 4.69) is 21.2 Å². The van der Waals surface area contributed by atoms with Crippen molar-refractivity contribution in [3.8, 4) is 5.75 Å². The van der Waals surface area contributed by atoms with Gasteiger partial charge >= 0.3 is 5.97 Å². The number of carbonyl (C=O) groups is 1. The summed E-state index contributed by atoms with van der Waals surface area (Å²) < 4.78 is 6.30. The number of aromatic carboxylic acids is 1. The predicted molar refractivity (Wildman–Crippen MR) is 86.5 cm³/mol. The van der Waals surface area contributed by atoms with Crippen molar-refractivity contribution in [2.24, 2.45) is 0 Å². The molecular weight excluding hydrogens is 358 g/mol. The van der Waals surface area contributed by atoms with E-state index in [1.54, 1.807) is 24.3 Å². The van der Waals surface area contributed by atoms with Gasteiger partial charge in [0.1, 0.15) is 17.9 Å². The number of halogens is 2. The molecule has 0 fully saturated rings. The predicted octanol–water partition coefficient (Wildman–Crippen LogP) is 4.29. The lowest BCUT2D eigenvalue weighted by atomic mass is 10.2. The first kappa shape index (κ1) is 15.7. The molecule has 0 aliphatic rings. The van der Waals surface area contributed by atoms with E-state index in [4.69, 9.17) is 21.4 Å². The summed E-state index contributed by atoms with van der Waals surface area (Å²) in [6.07, 6.45) is 0. The van der Waals surface area contributed by atoms with Crippen LogP contribution in [0.1, 0.15) is 10.4 Å². The van der Waals surface area contributed by atoms with Crippen molar-refractivity contribution in [1.82, 2.24) is 0 Å². The topological polar surface area (TPSA) is 58.6 Å². The Kier molecular flexibility index (Phi) is 5.47.